The smallest absolute Gasteiger partial charge is 0.166 e. The molecule has 0 amide bonds. The van der Waals surface area contributed by atoms with Gasteiger partial charge in [-0.25, -0.2) is 4.39 Å². The molecule has 0 spiro atoms. The zero-order valence-electron chi connectivity index (χ0n) is 18.3. The third-order valence-electron chi connectivity index (χ3n) is 6.61. The zero-order valence-corrected chi connectivity index (χ0v) is 18.3. The molecule has 5 nitrogen and oxygen atoms in total. The molecule has 0 bridgehead atoms. The van der Waals surface area contributed by atoms with Crippen molar-refractivity contribution in [2.45, 2.75) is 25.8 Å². The van der Waals surface area contributed by atoms with E-state index >= 15 is 0 Å². The highest BCUT2D eigenvalue weighted by Crippen LogP contribution is 2.22. The van der Waals surface area contributed by atoms with Gasteiger partial charge in [-0.3, -0.25) is 14.7 Å². The lowest BCUT2D eigenvalue weighted by atomic mass is 9.89. The Kier molecular flexibility index (Phi) is 7.78. The Morgan fingerprint density at radius 2 is 1.52 bits per heavy atom. The molecule has 2 aliphatic heterocycles. The minimum atomic E-state index is -0.291. The van der Waals surface area contributed by atoms with E-state index in [1.807, 2.05) is 12.3 Å². The van der Waals surface area contributed by atoms with Gasteiger partial charge in [0.15, 0.2) is 5.78 Å². The van der Waals surface area contributed by atoms with Crippen molar-refractivity contribution in [3.8, 4) is 0 Å². The summed E-state index contributed by atoms with van der Waals surface area (Å²) in [5, 5.41) is 0. The number of likely N-dealkylation sites (tertiary alicyclic amines) is 1. The molecule has 6 heteroatoms. The summed E-state index contributed by atoms with van der Waals surface area (Å²) in [5.74, 6) is -0.0434. The quantitative estimate of drug-likeness (QED) is 0.608. The van der Waals surface area contributed by atoms with Crippen molar-refractivity contribution in [3.05, 3.63) is 65.7 Å². The van der Waals surface area contributed by atoms with Crippen LogP contribution in [0.1, 0.15) is 35.3 Å². The van der Waals surface area contributed by atoms with Crippen LogP contribution in [0.4, 0.5) is 4.39 Å². The monoisotopic (exact) mass is 424 g/mol. The molecule has 0 saturated carbocycles. The molecule has 2 fully saturated rings. The van der Waals surface area contributed by atoms with Crippen molar-refractivity contribution in [2.24, 2.45) is 5.92 Å². The average Bonchev–Trinajstić information content (AvgIpc) is 2.81. The van der Waals surface area contributed by atoms with Gasteiger partial charge >= 0.3 is 0 Å². The minimum absolute atomic E-state index is 0.0777. The standard InChI is InChI=1S/C25H33FN4O/c26-23-7-5-21(6-8-23)25(31)22-9-14-28(15-10-22)12-3-13-29-16-18-30(19-17-29)20-24-4-1-2-11-27-24/h1-2,4-8,11,22H,3,9-10,12-20H2. The molecule has 0 N–H and O–H groups in total. The molecule has 1 aromatic carbocycles. The number of aromatic nitrogens is 1. The van der Waals surface area contributed by atoms with Gasteiger partial charge in [0.05, 0.1) is 5.69 Å². The number of nitrogens with zero attached hydrogens (tertiary/aromatic N) is 4. The molecule has 1 aromatic heterocycles. The molecular formula is C25H33FN4O. The van der Waals surface area contributed by atoms with Gasteiger partial charge in [-0.05, 0) is 81.8 Å². The molecule has 31 heavy (non-hydrogen) atoms. The van der Waals surface area contributed by atoms with Crippen molar-refractivity contribution in [3.63, 3.8) is 0 Å². The van der Waals surface area contributed by atoms with E-state index in [0.717, 1.165) is 77.4 Å². The second-order valence-electron chi connectivity index (χ2n) is 8.78. The van der Waals surface area contributed by atoms with Gasteiger partial charge in [-0.1, -0.05) is 6.07 Å². The molecule has 166 valence electrons. The molecule has 0 radical (unpaired) electrons. The molecule has 0 aliphatic carbocycles. The number of rotatable bonds is 8. The molecule has 0 atom stereocenters. The van der Waals surface area contributed by atoms with Crippen LogP contribution >= 0.6 is 0 Å². The van der Waals surface area contributed by atoms with Crippen LogP contribution in [-0.4, -0.2) is 77.8 Å². The fourth-order valence-corrected chi connectivity index (χ4v) is 4.68. The molecule has 2 saturated heterocycles. The van der Waals surface area contributed by atoms with E-state index in [0.29, 0.717) is 5.56 Å². The van der Waals surface area contributed by atoms with Crippen molar-refractivity contribution >= 4 is 5.78 Å². The van der Waals surface area contributed by atoms with Crippen LogP contribution in [0.15, 0.2) is 48.7 Å². The van der Waals surface area contributed by atoms with E-state index in [1.165, 1.54) is 18.6 Å². The maximum atomic E-state index is 13.1. The number of Topliss-reactive ketones (excluding diaryl/α,β-unsaturated/α-hetero) is 1. The number of hydrogen-bond acceptors (Lipinski definition) is 5. The number of ketones is 1. The van der Waals surface area contributed by atoms with Crippen LogP contribution in [0, 0.1) is 11.7 Å². The maximum absolute atomic E-state index is 13.1. The lowest BCUT2D eigenvalue weighted by molar-refractivity contribution is 0.0829. The number of benzene rings is 1. The summed E-state index contributed by atoms with van der Waals surface area (Å²) in [6.45, 7) is 9.62. The second kappa shape index (κ2) is 10.9. The van der Waals surface area contributed by atoms with Crippen molar-refractivity contribution < 1.29 is 9.18 Å². The normalized spacial score (nSPS) is 19.5. The number of halogens is 1. The van der Waals surface area contributed by atoms with Crippen molar-refractivity contribution in [2.75, 3.05) is 52.4 Å². The summed E-state index contributed by atoms with van der Waals surface area (Å²) in [4.78, 5) is 24.6. The average molecular weight is 425 g/mol. The van der Waals surface area contributed by atoms with Crippen LogP contribution in [0.2, 0.25) is 0 Å². The highest BCUT2D eigenvalue weighted by molar-refractivity contribution is 5.97. The van der Waals surface area contributed by atoms with E-state index in [4.69, 9.17) is 0 Å². The minimum Gasteiger partial charge on any atom is -0.303 e. The third kappa shape index (κ3) is 6.42. The summed E-state index contributed by atoms with van der Waals surface area (Å²) >= 11 is 0. The van der Waals surface area contributed by atoms with E-state index in [1.54, 1.807) is 12.1 Å². The number of piperazine rings is 1. The summed E-state index contributed by atoms with van der Waals surface area (Å²) in [6, 6.07) is 12.1. The van der Waals surface area contributed by atoms with E-state index in [-0.39, 0.29) is 17.5 Å². The number of carbonyl (C=O) groups excluding carboxylic acids is 1. The Labute approximate surface area is 184 Å². The number of pyridine rings is 1. The molecule has 0 unspecified atom stereocenters. The van der Waals surface area contributed by atoms with Gasteiger partial charge in [0.2, 0.25) is 0 Å². The van der Waals surface area contributed by atoms with Crippen LogP contribution in [0.5, 0.6) is 0 Å². The van der Waals surface area contributed by atoms with E-state index in [9.17, 15) is 9.18 Å². The molecule has 3 heterocycles. The Hall–Kier alpha value is -2.15. The SMILES string of the molecule is O=C(c1ccc(F)cc1)C1CCN(CCCN2CCN(Cc3ccccn3)CC2)CC1. The topological polar surface area (TPSA) is 39.7 Å². The molecule has 2 aliphatic rings. The first-order valence-electron chi connectivity index (χ1n) is 11.5. The fourth-order valence-electron chi connectivity index (χ4n) is 4.68. The van der Waals surface area contributed by atoms with Gasteiger partial charge in [0.1, 0.15) is 5.82 Å². The van der Waals surface area contributed by atoms with Crippen LogP contribution in [0.25, 0.3) is 0 Å². The van der Waals surface area contributed by atoms with E-state index < -0.39 is 0 Å². The number of hydrogen-bond donors (Lipinski definition) is 0. The second-order valence-corrected chi connectivity index (χ2v) is 8.78. The first kappa shape index (κ1) is 22.1. The van der Waals surface area contributed by atoms with Gasteiger partial charge in [0, 0.05) is 50.4 Å². The summed E-state index contributed by atoms with van der Waals surface area (Å²) in [6.07, 6.45) is 4.86. The van der Waals surface area contributed by atoms with Crippen LogP contribution in [0.3, 0.4) is 0 Å². The lowest BCUT2D eigenvalue weighted by Gasteiger charge is -2.35. The molecule has 4 rings (SSSR count). The molecular weight excluding hydrogens is 391 g/mol. The predicted octanol–water partition coefficient (Wildman–Crippen LogP) is 3.32. The summed E-state index contributed by atoms with van der Waals surface area (Å²) in [5.41, 5.74) is 1.79. The number of carbonyl (C=O) groups is 1. The van der Waals surface area contributed by atoms with Crippen LogP contribution < -0.4 is 0 Å². The van der Waals surface area contributed by atoms with Gasteiger partial charge in [0.25, 0.3) is 0 Å². The van der Waals surface area contributed by atoms with Crippen LogP contribution in [-0.2, 0) is 6.54 Å². The lowest BCUT2D eigenvalue weighted by Crippen LogP contribution is -2.46. The van der Waals surface area contributed by atoms with Gasteiger partial charge < -0.3 is 9.80 Å². The molecule has 2 aromatic rings. The predicted molar refractivity (Wildman–Crippen MR) is 120 cm³/mol. The first-order valence-corrected chi connectivity index (χ1v) is 11.5. The highest BCUT2D eigenvalue weighted by atomic mass is 19.1. The number of piperidine rings is 1. The fraction of sp³-hybridized carbons (Fsp3) is 0.520. The van der Waals surface area contributed by atoms with Crippen molar-refractivity contribution in [1.82, 2.24) is 19.7 Å². The first-order chi connectivity index (χ1) is 15.2. The Balaban J connectivity index is 1.10. The summed E-state index contributed by atoms with van der Waals surface area (Å²) < 4.78 is 13.1. The Morgan fingerprint density at radius 3 is 2.16 bits per heavy atom. The van der Waals surface area contributed by atoms with Gasteiger partial charge in [-0.15, -0.1) is 0 Å². The summed E-state index contributed by atoms with van der Waals surface area (Å²) in [7, 11) is 0. The maximum Gasteiger partial charge on any atom is 0.166 e. The highest BCUT2D eigenvalue weighted by Gasteiger charge is 2.26. The van der Waals surface area contributed by atoms with Crippen molar-refractivity contribution in [1.29, 1.82) is 0 Å². The Bertz CT molecular complexity index is 813. The zero-order chi connectivity index (χ0) is 21.5. The Morgan fingerprint density at radius 1 is 0.871 bits per heavy atom. The van der Waals surface area contributed by atoms with Gasteiger partial charge in [-0.2, -0.15) is 0 Å². The third-order valence-corrected chi connectivity index (χ3v) is 6.61. The van der Waals surface area contributed by atoms with E-state index in [2.05, 4.69) is 31.8 Å². The largest absolute Gasteiger partial charge is 0.303 e.